The summed E-state index contributed by atoms with van der Waals surface area (Å²) in [6, 6.07) is 15.2. The third-order valence-corrected chi connectivity index (χ3v) is 5.87. The third-order valence-electron chi connectivity index (χ3n) is 4.60. The molecule has 140 valence electrons. The van der Waals surface area contributed by atoms with Gasteiger partial charge in [0.25, 0.3) is 11.8 Å². The zero-order chi connectivity index (χ0) is 19.4. The molecule has 0 aliphatic carbocycles. The second kappa shape index (κ2) is 8.22. The third kappa shape index (κ3) is 3.95. The van der Waals surface area contributed by atoms with Crippen LogP contribution >= 0.6 is 11.3 Å². The van der Waals surface area contributed by atoms with Gasteiger partial charge in [0, 0.05) is 29.0 Å². The fraction of sp³-hybridized carbons (Fsp3) is 0.238. The normalized spacial score (nSPS) is 10.6. The van der Waals surface area contributed by atoms with Gasteiger partial charge in [-0.3, -0.25) is 20.4 Å². The number of anilines is 1. The number of benzene rings is 2. The van der Waals surface area contributed by atoms with Crippen molar-refractivity contribution in [2.45, 2.75) is 20.8 Å². The van der Waals surface area contributed by atoms with Crippen LogP contribution in [0.25, 0.3) is 10.1 Å². The van der Waals surface area contributed by atoms with Gasteiger partial charge in [0.05, 0.1) is 4.88 Å². The van der Waals surface area contributed by atoms with Crippen molar-refractivity contribution in [3.05, 3.63) is 64.5 Å². The highest BCUT2D eigenvalue weighted by Gasteiger charge is 2.16. The molecule has 3 aromatic rings. The fourth-order valence-electron chi connectivity index (χ4n) is 3.05. The van der Waals surface area contributed by atoms with Crippen LogP contribution in [0.4, 0.5) is 5.69 Å². The number of nitrogens with zero attached hydrogens (tertiary/aromatic N) is 1. The van der Waals surface area contributed by atoms with E-state index in [1.807, 2.05) is 43.3 Å². The number of nitrogens with one attached hydrogen (secondary N) is 2. The monoisotopic (exact) mass is 381 g/mol. The summed E-state index contributed by atoms with van der Waals surface area (Å²) in [5, 5.41) is 1.06. The Hall–Kier alpha value is -2.86. The topological polar surface area (TPSA) is 61.4 Å². The number of carbonyl (C=O) groups excluding carboxylic acids is 2. The molecule has 0 bridgehead atoms. The van der Waals surface area contributed by atoms with E-state index in [0.717, 1.165) is 34.4 Å². The van der Waals surface area contributed by atoms with Crippen molar-refractivity contribution in [3.8, 4) is 0 Å². The van der Waals surface area contributed by atoms with Crippen molar-refractivity contribution in [3.63, 3.8) is 0 Å². The highest BCUT2D eigenvalue weighted by Crippen LogP contribution is 2.30. The molecular formula is C21H23N3O2S. The minimum atomic E-state index is -0.340. The number of thiophene rings is 1. The molecule has 0 spiro atoms. The summed E-state index contributed by atoms with van der Waals surface area (Å²) in [6.07, 6.45) is 0. The van der Waals surface area contributed by atoms with Crippen LogP contribution in [0.1, 0.15) is 39.4 Å². The van der Waals surface area contributed by atoms with Crippen LogP contribution in [-0.2, 0) is 0 Å². The first kappa shape index (κ1) is 18.9. The summed E-state index contributed by atoms with van der Waals surface area (Å²) < 4.78 is 1.05. The van der Waals surface area contributed by atoms with Gasteiger partial charge in [0.15, 0.2) is 0 Å². The van der Waals surface area contributed by atoms with Crippen molar-refractivity contribution in [1.82, 2.24) is 10.9 Å². The minimum Gasteiger partial charge on any atom is -0.372 e. The molecule has 2 amide bonds. The van der Waals surface area contributed by atoms with E-state index in [1.165, 1.54) is 11.3 Å². The summed E-state index contributed by atoms with van der Waals surface area (Å²) in [5.41, 5.74) is 7.51. The molecule has 0 saturated carbocycles. The maximum Gasteiger partial charge on any atom is 0.280 e. The van der Waals surface area contributed by atoms with Crippen LogP contribution in [0.5, 0.6) is 0 Å². The summed E-state index contributed by atoms with van der Waals surface area (Å²) in [6.45, 7) is 7.92. The second-order valence-corrected chi connectivity index (χ2v) is 7.23. The van der Waals surface area contributed by atoms with E-state index in [0.29, 0.717) is 10.4 Å². The maximum atomic E-state index is 12.5. The van der Waals surface area contributed by atoms with Crippen molar-refractivity contribution < 1.29 is 9.59 Å². The molecule has 2 N–H and O–H groups in total. The Labute approximate surface area is 163 Å². The van der Waals surface area contributed by atoms with Gasteiger partial charge in [-0.15, -0.1) is 11.3 Å². The molecule has 1 aromatic heterocycles. The van der Waals surface area contributed by atoms with Crippen molar-refractivity contribution in [1.29, 1.82) is 0 Å². The molecule has 0 unspecified atom stereocenters. The lowest BCUT2D eigenvalue weighted by Crippen LogP contribution is -2.41. The van der Waals surface area contributed by atoms with Gasteiger partial charge < -0.3 is 4.90 Å². The molecule has 0 radical (unpaired) electrons. The van der Waals surface area contributed by atoms with Crippen LogP contribution in [0.2, 0.25) is 0 Å². The van der Waals surface area contributed by atoms with E-state index >= 15 is 0 Å². The van der Waals surface area contributed by atoms with Gasteiger partial charge in [-0.1, -0.05) is 18.2 Å². The molecule has 0 fully saturated rings. The largest absolute Gasteiger partial charge is 0.372 e. The molecule has 2 aromatic carbocycles. The molecule has 3 rings (SSSR count). The number of amides is 2. The van der Waals surface area contributed by atoms with Crippen molar-refractivity contribution >= 4 is 38.9 Å². The molecule has 5 nitrogen and oxygen atoms in total. The SMILES string of the molecule is CCN(CC)c1ccc(C(=O)NNC(=O)c2sc3ccccc3c2C)cc1. The maximum absolute atomic E-state index is 12.5. The van der Waals surface area contributed by atoms with Crippen LogP contribution < -0.4 is 15.8 Å². The zero-order valence-corrected chi connectivity index (χ0v) is 16.5. The highest BCUT2D eigenvalue weighted by molar-refractivity contribution is 7.21. The van der Waals surface area contributed by atoms with Crippen LogP contribution in [0, 0.1) is 6.92 Å². The Morgan fingerprint density at radius 2 is 1.56 bits per heavy atom. The number of hydrazine groups is 1. The van der Waals surface area contributed by atoms with Gasteiger partial charge in [-0.25, -0.2) is 0 Å². The fourth-order valence-corrected chi connectivity index (χ4v) is 4.15. The lowest BCUT2D eigenvalue weighted by atomic mass is 10.1. The predicted molar refractivity (Wildman–Crippen MR) is 111 cm³/mol. The van der Waals surface area contributed by atoms with E-state index in [4.69, 9.17) is 0 Å². The Kier molecular flexibility index (Phi) is 5.76. The Morgan fingerprint density at radius 3 is 2.19 bits per heavy atom. The molecule has 1 heterocycles. The van der Waals surface area contributed by atoms with Gasteiger partial charge in [0.1, 0.15) is 0 Å². The first-order valence-electron chi connectivity index (χ1n) is 8.99. The molecule has 0 aliphatic heterocycles. The van der Waals surface area contributed by atoms with Gasteiger partial charge in [-0.2, -0.15) is 0 Å². The lowest BCUT2D eigenvalue weighted by molar-refractivity contribution is 0.0848. The lowest BCUT2D eigenvalue weighted by Gasteiger charge is -2.21. The van der Waals surface area contributed by atoms with E-state index in [2.05, 4.69) is 29.6 Å². The van der Waals surface area contributed by atoms with Crippen LogP contribution in [-0.4, -0.2) is 24.9 Å². The van der Waals surface area contributed by atoms with Gasteiger partial charge >= 0.3 is 0 Å². The predicted octanol–water partition coefficient (Wildman–Crippen LogP) is 4.13. The van der Waals surface area contributed by atoms with E-state index in [1.54, 1.807) is 12.1 Å². The Balaban J connectivity index is 1.66. The Morgan fingerprint density at radius 1 is 0.926 bits per heavy atom. The first-order valence-corrected chi connectivity index (χ1v) is 9.80. The highest BCUT2D eigenvalue weighted by atomic mass is 32.1. The molecule has 0 saturated heterocycles. The summed E-state index contributed by atoms with van der Waals surface area (Å²) in [4.78, 5) is 27.6. The van der Waals surface area contributed by atoms with E-state index < -0.39 is 0 Å². The van der Waals surface area contributed by atoms with Crippen LogP contribution in [0.3, 0.4) is 0 Å². The quantitative estimate of drug-likeness (QED) is 0.653. The molecular weight excluding hydrogens is 358 g/mol. The average Bonchev–Trinajstić information content (AvgIpc) is 3.04. The summed E-state index contributed by atoms with van der Waals surface area (Å²) in [5.74, 6) is -0.643. The van der Waals surface area contributed by atoms with Crippen molar-refractivity contribution in [2.75, 3.05) is 18.0 Å². The number of fused-ring (bicyclic) bond motifs is 1. The molecule has 6 heteroatoms. The summed E-state index contributed by atoms with van der Waals surface area (Å²) >= 11 is 1.42. The van der Waals surface area contributed by atoms with Crippen molar-refractivity contribution in [2.24, 2.45) is 0 Å². The minimum absolute atomic E-state index is 0.304. The number of hydrogen-bond donors (Lipinski definition) is 2. The number of rotatable bonds is 5. The first-order chi connectivity index (χ1) is 13.0. The number of hydrogen-bond acceptors (Lipinski definition) is 4. The Bertz CT molecular complexity index is 959. The van der Waals surface area contributed by atoms with Crippen LogP contribution in [0.15, 0.2) is 48.5 Å². The van der Waals surface area contributed by atoms with E-state index in [-0.39, 0.29) is 11.8 Å². The van der Waals surface area contributed by atoms with E-state index in [9.17, 15) is 9.59 Å². The average molecular weight is 382 g/mol. The summed E-state index contributed by atoms with van der Waals surface area (Å²) in [7, 11) is 0. The van der Waals surface area contributed by atoms with Gasteiger partial charge in [-0.05, 0) is 62.1 Å². The zero-order valence-electron chi connectivity index (χ0n) is 15.7. The number of carbonyl (C=O) groups is 2. The standard InChI is InChI=1S/C21H23N3O2S/c1-4-24(5-2)16-12-10-15(11-13-16)20(25)22-23-21(26)19-14(3)17-8-6-7-9-18(17)27-19/h6-13H,4-5H2,1-3H3,(H,22,25)(H,23,26). The molecule has 0 atom stereocenters. The van der Waals surface area contributed by atoms with Gasteiger partial charge in [0.2, 0.25) is 0 Å². The molecule has 27 heavy (non-hydrogen) atoms. The number of aryl methyl sites for hydroxylation is 1. The molecule has 0 aliphatic rings. The smallest absolute Gasteiger partial charge is 0.280 e. The second-order valence-electron chi connectivity index (χ2n) is 6.18.